The molecule has 7 nitrogen and oxygen atoms in total. The molecule has 0 spiro atoms. The quantitative estimate of drug-likeness (QED) is 0.548. The zero-order chi connectivity index (χ0) is 15.6. The number of aromatic nitrogens is 3. The van der Waals surface area contributed by atoms with E-state index in [1.165, 1.54) is 12.6 Å². The van der Waals surface area contributed by atoms with Gasteiger partial charge in [0.25, 0.3) is 0 Å². The van der Waals surface area contributed by atoms with Crippen LogP contribution >= 0.6 is 0 Å². The van der Waals surface area contributed by atoms with Gasteiger partial charge in [-0.05, 0) is 19.8 Å². The molecule has 1 aromatic rings. The van der Waals surface area contributed by atoms with Gasteiger partial charge in [-0.3, -0.25) is 11.3 Å². The molecule has 0 aliphatic heterocycles. The molecular formula is C12H25N5O2S. The van der Waals surface area contributed by atoms with Crippen molar-refractivity contribution < 1.29 is 8.42 Å². The van der Waals surface area contributed by atoms with Gasteiger partial charge in [-0.1, -0.05) is 13.8 Å². The Kier molecular flexibility index (Phi) is 5.28. The van der Waals surface area contributed by atoms with Crippen LogP contribution < -0.4 is 11.3 Å². The van der Waals surface area contributed by atoms with Crippen LogP contribution in [-0.4, -0.2) is 40.2 Å². The summed E-state index contributed by atoms with van der Waals surface area (Å²) in [7, 11) is -3.25. The van der Waals surface area contributed by atoms with Gasteiger partial charge in [-0.25, -0.2) is 18.1 Å². The van der Waals surface area contributed by atoms with E-state index in [2.05, 4.69) is 29.4 Å². The lowest BCUT2D eigenvalue weighted by Gasteiger charge is -2.31. The third-order valence-corrected chi connectivity index (χ3v) is 5.81. The number of hydrogen-bond acceptors (Lipinski definition) is 6. The van der Waals surface area contributed by atoms with Crippen LogP contribution in [0.4, 0.5) is 0 Å². The molecule has 0 fully saturated rings. The van der Waals surface area contributed by atoms with E-state index in [4.69, 9.17) is 5.84 Å². The van der Waals surface area contributed by atoms with Crippen molar-refractivity contribution in [2.24, 2.45) is 11.8 Å². The summed E-state index contributed by atoms with van der Waals surface area (Å²) in [6, 6.07) is -0.437. The Morgan fingerprint density at radius 2 is 2.05 bits per heavy atom. The fraction of sp³-hybridized carbons (Fsp3) is 0.833. The highest BCUT2D eigenvalue weighted by molar-refractivity contribution is 7.92. The van der Waals surface area contributed by atoms with Gasteiger partial charge in [-0.15, -0.1) is 0 Å². The average molecular weight is 303 g/mol. The molecule has 1 aromatic heterocycles. The van der Waals surface area contributed by atoms with Crippen molar-refractivity contribution in [2.75, 3.05) is 6.26 Å². The zero-order valence-corrected chi connectivity index (χ0v) is 13.6. The Bertz CT molecular complexity index is 536. The molecule has 116 valence electrons. The van der Waals surface area contributed by atoms with Crippen molar-refractivity contribution in [3.63, 3.8) is 0 Å². The zero-order valence-electron chi connectivity index (χ0n) is 12.8. The molecule has 0 bridgehead atoms. The summed E-state index contributed by atoms with van der Waals surface area (Å²) in [4.78, 5) is 4.21. The topological polar surface area (TPSA) is 103 Å². The minimum absolute atomic E-state index is 0.406. The molecule has 1 rings (SSSR count). The van der Waals surface area contributed by atoms with Crippen LogP contribution in [0.25, 0.3) is 0 Å². The van der Waals surface area contributed by atoms with Crippen molar-refractivity contribution in [3.05, 3.63) is 12.2 Å². The normalized spacial score (nSPS) is 14.8. The van der Waals surface area contributed by atoms with Crippen molar-refractivity contribution in [2.45, 2.75) is 51.4 Å². The monoisotopic (exact) mass is 303 g/mol. The Hall–Kier alpha value is -0.990. The molecular weight excluding hydrogens is 278 g/mol. The third-order valence-electron chi connectivity index (χ3n) is 3.62. The lowest BCUT2D eigenvalue weighted by atomic mass is 10.00. The van der Waals surface area contributed by atoms with Crippen LogP contribution in [0.15, 0.2) is 6.33 Å². The minimum Gasteiger partial charge on any atom is -0.271 e. The second-order valence-electron chi connectivity index (χ2n) is 6.05. The molecule has 0 aliphatic rings. The van der Waals surface area contributed by atoms with Crippen molar-refractivity contribution in [1.82, 2.24) is 20.2 Å². The number of nitrogens with one attached hydrogen (secondary N) is 1. The van der Waals surface area contributed by atoms with Crippen LogP contribution in [0.1, 0.15) is 33.5 Å². The molecule has 8 heteroatoms. The van der Waals surface area contributed by atoms with E-state index in [9.17, 15) is 8.42 Å². The molecule has 0 saturated carbocycles. The van der Waals surface area contributed by atoms with Crippen molar-refractivity contribution in [3.8, 4) is 0 Å². The number of hydrogen-bond donors (Lipinski definition) is 2. The van der Waals surface area contributed by atoms with E-state index in [-0.39, 0.29) is 0 Å². The highest BCUT2D eigenvalue weighted by atomic mass is 32.2. The van der Waals surface area contributed by atoms with E-state index in [0.717, 1.165) is 12.4 Å². The van der Waals surface area contributed by atoms with Gasteiger partial charge >= 0.3 is 0 Å². The number of nitrogens with zero attached hydrogens (tertiary/aromatic N) is 3. The Labute approximate surface area is 120 Å². The summed E-state index contributed by atoms with van der Waals surface area (Å²) in [5.74, 6) is 6.72. The van der Waals surface area contributed by atoms with E-state index in [1.807, 2.05) is 0 Å². The van der Waals surface area contributed by atoms with Gasteiger partial charge in [-0.2, -0.15) is 5.10 Å². The molecule has 0 amide bonds. The highest BCUT2D eigenvalue weighted by Crippen LogP contribution is 2.22. The SMILES string of the molecule is CC(C)Cn1ncnc1CC(NN)C(C)(C)S(C)(=O)=O. The first kappa shape index (κ1) is 17.1. The van der Waals surface area contributed by atoms with Gasteiger partial charge in [0, 0.05) is 25.3 Å². The molecule has 20 heavy (non-hydrogen) atoms. The molecule has 0 radical (unpaired) electrons. The van der Waals surface area contributed by atoms with Crippen LogP contribution in [0.3, 0.4) is 0 Å². The fourth-order valence-corrected chi connectivity index (χ4v) is 2.56. The fourth-order valence-electron chi connectivity index (χ4n) is 1.89. The summed E-state index contributed by atoms with van der Waals surface area (Å²) < 4.78 is 24.6. The number of nitrogens with two attached hydrogens (primary N) is 1. The molecule has 3 N–H and O–H groups in total. The lowest BCUT2D eigenvalue weighted by molar-refractivity contribution is 0.390. The van der Waals surface area contributed by atoms with E-state index >= 15 is 0 Å². The number of rotatable bonds is 7. The predicted octanol–water partition coefficient (Wildman–Crippen LogP) is 0.132. The Balaban J connectivity index is 2.98. The van der Waals surface area contributed by atoms with Crippen LogP contribution in [0, 0.1) is 5.92 Å². The number of hydrazine groups is 1. The third kappa shape index (κ3) is 3.77. The molecule has 1 heterocycles. The van der Waals surface area contributed by atoms with Crippen LogP contribution in [0.2, 0.25) is 0 Å². The van der Waals surface area contributed by atoms with Crippen LogP contribution in [0.5, 0.6) is 0 Å². The molecule has 1 atom stereocenters. The van der Waals surface area contributed by atoms with Gasteiger partial charge < -0.3 is 0 Å². The summed E-state index contributed by atoms with van der Waals surface area (Å²) in [5.41, 5.74) is 2.61. The van der Waals surface area contributed by atoms with Crippen molar-refractivity contribution in [1.29, 1.82) is 0 Å². The standard InChI is InChI=1S/C12H25N5O2S/c1-9(2)7-17-11(14-8-15-17)6-10(16-13)12(3,4)20(5,18)19/h8-10,16H,6-7,13H2,1-5H3. The highest BCUT2D eigenvalue weighted by Gasteiger charge is 2.39. The summed E-state index contributed by atoms with van der Waals surface area (Å²) >= 11 is 0. The summed E-state index contributed by atoms with van der Waals surface area (Å²) in [6.45, 7) is 8.24. The Morgan fingerprint density at radius 3 is 2.50 bits per heavy atom. The van der Waals surface area contributed by atoms with Gasteiger partial charge in [0.05, 0.1) is 4.75 Å². The predicted molar refractivity (Wildman–Crippen MR) is 78.6 cm³/mol. The maximum Gasteiger partial charge on any atom is 0.154 e. The molecule has 0 aromatic carbocycles. The Morgan fingerprint density at radius 1 is 1.45 bits per heavy atom. The van der Waals surface area contributed by atoms with Gasteiger partial charge in [0.2, 0.25) is 0 Å². The molecule has 0 saturated heterocycles. The van der Waals surface area contributed by atoms with E-state index < -0.39 is 20.6 Å². The smallest absolute Gasteiger partial charge is 0.154 e. The maximum absolute atomic E-state index is 11.9. The molecule has 0 aliphatic carbocycles. The first-order valence-electron chi connectivity index (χ1n) is 6.62. The van der Waals surface area contributed by atoms with E-state index in [0.29, 0.717) is 12.3 Å². The number of sulfone groups is 1. The van der Waals surface area contributed by atoms with Gasteiger partial charge in [0.1, 0.15) is 12.2 Å². The maximum atomic E-state index is 11.9. The average Bonchev–Trinajstić information content (AvgIpc) is 2.70. The van der Waals surface area contributed by atoms with Gasteiger partial charge in [0.15, 0.2) is 9.84 Å². The van der Waals surface area contributed by atoms with E-state index in [1.54, 1.807) is 18.5 Å². The second kappa shape index (κ2) is 6.19. The second-order valence-corrected chi connectivity index (χ2v) is 8.65. The lowest BCUT2D eigenvalue weighted by Crippen LogP contribution is -2.55. The summed E-state index contributed by atoms with van der Waals surface area (Å²) in [6.07, 6.45) is 3.11. The first-order valence-corrected chi connectivity index (χ1v) is 8.51. The van der Waals surface area contributed by atoms with Crippen molar-refractivity contribution >= 4 is 9.84 Å². The first-order chi connectivity index (χ1) is 9.09. The minimum atomic E-state index is -3.25. The summed E-state index contributed by atoms with van der Waals surface area (Å²) in [5, 5.41) is 4.18. The largest absolute Gasteiger partial charge is 0.271 e. The van der Waals surface area contributed by atoms with Crippen LogP contribution in [-0.2, 0) is 22.8 Å². The molecule has 1 unspecified atom stereocenters.